The highest BCUT2D eigenvalue weighted by Crippen LogP contribution is 2.33. The van der Waals surface area contributed by atoms with E-state index in [1.165, 1.54) is 4.57 Å². The number of hydrogen-bond donors (Lipinski definition) is 0. The van der Waals surface area contributed by atoms with Gasteiger partial charge >= 0.3 is 6.18 Å². The van der Waals surface area contributed by atoms with Crippen molar-refractivity contribution in [2.45, 2.75) is 19.6 Å². The van der Waals surface area contributed by atoms with Crippen molar-refractivity contribution < 1.29 is 13.2 Å². The summed E-state index contributed by atoms with van der Waals surface area (Å²) in [6.07, 6.45) is -3.35. The Morgan fingerprint density at radius 3 is 2.50 bits per heavy atom. The molecular formula is C8H7BrF3NO. The van der Waals surface area contributed by atoms with Crippen molar-refractivity contribution in [2.75, 3.05) is 0 Å². The molecule has 0 spiro atoms. The maximum absolute atomic E-state index is 12.3. The van der Waals surface area contributed by atoms with Crippen molar-refractivity contribution in [3.63, 3.8) is 0 Å². The molecule has 6 heteroatoms. The summed E-state index contributed by atoms with van der Waals surface area (Å²) in [6, 6.07) is 0.591. The molecule has 0 aliphatic carbocycles. The average molecular weight is 270 g/mol. The van der Waals surface area contributed by atoms with Crippen LogP contribution in [0.2, 0.25) is 0 Å². The van der Waals surface area contributed by atoms with E-state index in [-0.39, 0.29) is 4.47 Å². The first kappa shape index (κ1) is 11.3. The Kier molecular flexibility index (Phi) is 3.04. The maximum atomic E-state index is 12.3. The minimum absolute atomic E-state index is 0.119. The van der Waals surface area contributed by atoms with E-state index >= 15 is 0 Å². The van der Waals surface area contributed by atoms with Crippen molar-refractivity contribution in [3.8, 4) is 0 Å². The first-order valence-electron chi connectivity index (χ1n) is 3.83. The van der Waals surface area contributed by atoms with Crippen LogP contribution in [0.3, 0.4) is 0 Å². The van der Waals surface area contributed by atoms with Gasteiger partial charge < -0.3 is 4.57 Å². The quantitative estimate of drug-likeness (QED) is 0.768. The normalized spacial score (nSPS) is 11.8. The summed E-state index contributed by atoms with van der Waals surface area (Å²) in [4.78, 5) is 11.1. The standard InChI is InChI=1S/C8H7BrF3NO/c1-2-13-4-6(9)5(3-7(13)14)8(10,11)12/h3-4H,2H2,1H3. The van der Waals surface area contributed by atoms with Crippen LogP contribution in [-0.4, -0.2) is 4.57 Å². The van der Waals surface area contributed by atoms with Crippen molar-refractivity contribution >= 4 is 15.9 Å². The van der Waals surface area contributed by atoms with Crippen LogP contribution in [0, 0.1) is 0 Å². The molecule has 0 fully saturated rings. The van der Waals surface area contributed by atoms with Crippen LogP contribution < -0.4 is 5.56 Å². The third kappa shape index (κ3) is 2.17. The number of halogens is 4. The van der Waals surface area contributed by atoms with Gasteiger partial charge in [0.05, 0.1) is 5.56 Å². The summed E-state index contributed by atoms with van der Waals surface area (Å²) in [5, 5.41) is 0. The molecule has 0 unspecified atom stereocenters. The second-order valence-electron chi connectivity index (χ2n) is 2.66. The molecule has 2 nitrogen and oxygen atoms in total. The van der Waals surface area contributed by atoms with Crippen LogP contribution in [0.1, 0.15) is 12.5 Å². The van der Waals surface area contributed by atoms with Gasteiger partial charge in [-0.2, -0.15) is 13.2 Å². The molecule has 0 aromatic carbocycles. The van der Waals surface area contributed by atoms with E-state index in [9.17, 15) is 18.0 Å². The summed E-state index contributed by atoms with van der Waals surface area (Å²) in [5.41, 5.74) is -1.59. The SMILES string of the molecule is CCn1cc(Br)c(C(F)(F)F)cc1=O. The molecule has 0 saturated carbocycles. The Bertz CT molecular complexity index is 397. The van der Waals surface area contributed by atoms with E-state index in [1.54, 1.807) is 6.92 Å². The van der Waals surface area contributed by atoms with Gasteiger partial charge in [0.1, 0.15) is 0 Å². The molecule has 0 radical (unpaired) electrons. The molecule has 1 aromatic heterocycles. The summed E-state index contributed by atoms with van der Waals surface area (Å²) < 4.78 is 37.9. The smallest absolute Gasteiger partial charge is 0.315 e. The van der Waals surface area contributed by atoms with Gasteiger partial charge in [-0.05, 0) is 22.9 Å². The number of alkyl halides is 3. The average Bonchev–Trinajstić information content (AvgIpc) is 2.06. The Morgan fingerprint density at radius 2 is 2.07 bits per heavy atom. The fourth-order valence-electron chi connectivity index (χ4n) is 1.01. The lowest BCUT2D eigenvalue weighted by Gasteiger charge is -2.10. The minimum Gasteiger partial charge on any atom is -0.315 e. The fraction of sp³-hybridized carbons (Fsp3) is 0.375. The molecule has 0 aliphatic rings. The van der Waals surface area contributed by atoms with Gasteiger partial charge in [-0.25, -0.2) is 0 Å². The molecule has 0 N–H and O–H groups in total. The van der Waals surface area contributed by atoms with Crippen molar-refractivity contribution in [1.82, 2.24) is 4.57 Å². The van der Waals surface area contributed by atoms with E-state index < -0.39 is 17.3 Å². The number of rotatable bonds is 1. The van der Waals surface area contributed by atoms with Crippen molar-refractivity contribution in [3.05, 3.63) is 32.7 Å². The van der Waals surface area contributed by atoms with Crippen LogP contribution in [0.5, 0.6) is 0 Å². The van der Waals surface area contributed by atoms with Gasteiger partial charge in [0.15, 0.2) is 0 Å². The number of aromatic nitrogens is 1. The van der Waals surface area contributed by atoms with Gasteiger partial charge in [-0.1, -0.05) is 0 Å². The van der Waals surface area contributed by atoms with Crippen LogP contribution in [0.15, 0.2) is 21.5 Å². The monoisotopic (exact) mass is 269 g/mol. The zero-order valence-corrected chi connectivity index (χ0v) is 8.82. The summed E-state index contributed by atoms with van der Waals surface area (Å²) in [5.74, 6) is 0. The van der Waals surface area contributed by atoms with Gasteiger partial charge in [-0.3, -0.25) is 4.79 Å². The Morgan fingerprint density at radius 1 is 1.50 bits per heavy atom. The fourth-order valence-corrected chi connectivity index (χ4v) is 1.60. The largest absolute Gasteiger partial charge is 0.417 e. The highest BCUT2D eigenvalue weighted by Gasteiger charge is 2.33. The van der Waals surface area contributed by atoms with E-state index in [1.807, 2.05) is 0 Å². The number of hydrogen-bond acceptors (Lipinski definition) is 1. The van der Waals surface area contributed by atoms with Crippen LogP contribution in [0.25, 0.3) is 0 Å². The topological polar surface area (TPSA) is 22.0 Å². The van der Waals surface area contributed by atoms with E-state index in [4.69, 9.17) is 0 Å². The van der Waals surface area contributed by atoms with Crippen molar-refractivity contribution in [2.24, 2.45) is 0 Å². The molecule has 1 heterocycles. The third-order valence-electron chi connectivity index (χ3n) is 1.72. The molecule has 0 saturated heterocycles. The highest BCUT2D eigenvalue weighted by molar-refractivity contribution is 9.10. The second-order valence-corrected chi connectivity index (χ2v) is 3.51. The van der Waals surface area contributed by atoms with Gasteiger partial charge in [0, 0.05) is 23.3 Å². The Hall–Kier alpha value is -0.780. The molecule has 78 valence electrons. The first-order valence-corrected chi connectivity index (χ1v) is 4.62. The molecule has 0 bridgehead atoms. The van der Waals surface area contributed by atoms with Crippen molar-refractivity contribution in [1.29, 1.82) is 0 Å². The maximum Gasteiger partial charge on any atom is 0.417 e. The van der Waals surface area contributed by atoms with E-state index in [0.29, 0.717) is 12.6 Å². The second kappa shape index (κ2) is 3.76. The lowest BCUT2D eigenvalue weighted by Crippen LogP contribution is -2.21. The predicted molar refractivity (Wildman–Crippen MR) is 49.1 cm³/mol. The number of nitrogens with zero attached hydrogens (tertiary/aromatic N) is 1. The summed E-state index contributed by atoms with van der Waals surface area (Å²) >= 11 is 2.78. The Labute approximate surface area is 86.5 Å². The molecule has 1 rings (SSSR count). The molecular weight excluding hydrogens is 263 g/mol. The van der Waals surface area contributed by atoms with Crippen LogP contribution in [-0.2, 0) is 12.7 Å². The van der Waals surface area contributed by atoms with Gasteiger partial charge in [0.2, 0.25) is 0 Å². The van der Waals surface area contributed by atoms with Gasteiger partial charge in [0.25, 0.3) is 5.56 Å². The van der Waals surface area contributed by atoms with Gasteiger partial charge in [-0.15, -0.1) is 0 Å². The predicted octanol–water partition coefficient (Wildman–Crippen LogP) is 2.65. The Balaban J connectivity index is 3.37. The van der Waals surface area contributed by atoms with Crippen LogP contribution >= 0.6 is 15.9 Å². The molecule has 0 atom stereocenters. The summed E-state index contributed by atoms with van der Waals surface area (Å²) in [6.45, 7) is 2.02. The van der Waals surface area contributed by atoms with Crippen LogP contribution in [0.4, 0.5) is 13.2 Å². The minimum atomic E-state index is -4.50. The molecule has 14 heavy (non-hydrogen) atoms. The van der Waals surface area contributed by atoms with E-state index in [0.717, 1.165) is 6.20 Å². The highest BCUT2D eigenvalue weighted by atomic mass is 79.9. The lowest BCUT2D eigenvalue weighted by molar-refractivity contribution is -0.138. The first-order chi connectivity index (χ1) is 6.36. The molecule has 0 amide bonds. The molecule has 0 aliphatic heterocycles. The zero-order chi connectivity index (χ0) is 10.9. The number of aryl methyl sites for hydroxylation is 1. The zero-order valence-electron chi connectivity index (χ0n) is 7.23. The number of pyridine rings is 1. The van der Waals surface area contributed by atoms with E-state index in [2.05, 4.69) is 15.9 Å². The summed E-state index contributed by atoms with van der Waals surface area (Å²) in [7, 11) is 0. The third-order valence-corrected chi connectivity index (χ3v) is 2.36. The molecule has 1 aromatic rings. The lowest BCUT2D eigenvalue weighted by atomic mass is 10.2.